The van der Waals surface area contributed by atoms with Crippen LogP contribution in [0, 0.1) is 5.92 Å². The van der Waals surface area contributed by atoms with Crippen LogP contribution >= 0.6 is 0 Å². The Morgan fingerprint density at radius 2 is 1.42 bits per heavy atom. The van der Waals surface area contributed by atoms with Crippen molar-refractivity contribution in [2.75, 3.05) is 6.54 Å². The van der Waals surface area contributed by atoms with Crippen molar-refractivity contribution >= 4 is 23.7 Å². The predicted octanol–water partition coefficient (Wildman–Crippen LogP) is 3.84. The molecule has 0 aliphatic heterocycles. The van der Waals surface area contributed by atoms with Gasteiger partial charge in [-0.15, -0.1) is 0 Å². The molecule has 8 nitrogen and oxygen atoms in total. The van der Waals surface area contributed by atoms with Crippen LogP contribution in [0.15, 0.2) is 60.7 Å². The SMILES string of the molecule is CCC(NC(=O)C(CC(C)C)NC(=O)OCc1ccccc1)C(=O)C(=O)N(CC)Cc1ccccc1. The maximum Gasteiger partial charge on any atom is 0.408 e. The second-order valence-electron chi connectivity index (χ2n) is 9.03. The summed E-state index contributed by atoms with van der Waals surface area (Å²) in [5, 5.41) is 5.27. The number of likely N-dealkylation sites (N-methyl/N-ethyl adjacent to an activating group) is 1. The van der Waals surface area contributed by atoms with Gasteiger partial charge >= 0.3 is 6.09 Å². The van der Waals surface area contributed by atoms with Crippen molar-refractivity contribution < 1.29 is 23.9 Å². The van der Waals surface area contributed by atoms with Crippen LogP contribution in [-0.2, 0) is 32.3 Å². The maximum atomic E-state index is 13.1. The molecule has 2 atom stereocenters. The van der Waals surface area contributed by atoms with Crippen LogP contribution in [-0.4, -0.2) is 47.2 Å². The van der Waals surface area contributed by atoms with E-state index in [1.54, 1.807) is 13.8 Å². The topological polar surface area (TPSA) is 105 Å². The van der Waals surface area contributed by atoms with Gasteiger partial charge in [0, 0.05) is 13.1 Å². The van der Waals surface area contributed by atoms with Crippen LogP contribution in [0.2, 0.25) is 0 Å². The highest BCUT2D eigenvalue weighted by Gasteiger charge is 2.31. The Labute approximate surface area is 213 Å². The number of hydrogen-bond acceptors (Lipinski definition) is 5. The van der Waals surface area contributed by atoms with Gasteiger partial charge in [0.05, 0.1) is 6.04 Å². The van der Waals surface area contributed by atoms with E-state index in [2.05, 4.69) is 10.6 Å². The van der Waals surface area contributed by atoms with Crippen LogP contribution in [0.3, 0.4) is 0 Å². The summed E-state index contributed by atoms with van der Waals surface area (Å²) >= 11 is 0. The van der Waals surface area contributed by atoms with Crippen molar-refractivity contribution in [1.82, 2.24) is 15.5 Å². The fourth-order valence-electron chi connectivity index (χ4n) is 3.67. The van der Waals surface area contributed by atoms with Gasteiger partial charge in [-0.2, -0.15) is 0 Å². The lowest BCUT2D eigenvalue weighted by molar-refractivity contribution is -0.146. The molecule has 0 bridgehead atoms. The molecule has 0 saturated carbocycles. The summed E-state index contributed by atoms with van der Waals surface area (Å²) < 4.78 is 5.25. The predicted molar refractivity (Wildman–Crippen MR) is 138 cm³/mol. The van der Waals surface area contributed by atoms with E-state index >= 15 is 0 Å². The highest BCUT2D eigenvalue weighted by molar-refractivity contribution is 6.38. The number of hydrogen-bond donors (Lipinski definition) is 2. The number of nitrogens with one attached hydrogen (secondary N) is 2. The van der Waals surface area contributed by atoms with E-state index in [1.165, 1.54) is 4.90 Å². The summed E-state index contributed by atoms with van der Waals surface area (Å²) in [7, 11) is 0. The third-order valence-electron chi connectivity index (χ3n) is 5.67. The number of alkyl carbamates (subject to hydrolysis) is 1. The van der Waals surface area contributed by atoms with E-state index in [0.717, 1.165) is 11.1 Å². The Balaban J connectivity index is 2.01. The molecule has 2 unspecified atom stereocenters. The maximum absolute atomic E-state index is 13.1. The van der Waals surface area contributed by atoms with Gasteiger partial charge in [0.15, 0.2) is 0 Å². The Morgan fingerprint density at radius 1 is 0.833 bits per heavy atom. The molecule has 0 heterocycles. The number of rotatable bonds is 13. The monoisotopic (exact) mass is 495 g/mol. The minimum atomic E-state index is -0.994. The number of benzene rings is 2. The van der Waals surface area contributed by atoms with Crippen LogP contribution in [0.4, 0.5) is 4.79 Å². The molecule has 0 aliphatic carbocycles. The zero-order valence-corrected chi connectivity index (χ0v) is 21.5. The highest BCUT2D eigenvalue weighted by atomic mass is 16.5. The highest BCUT2D eigenvalue weighted by Crippen LogP contribution is 2.10. The van der Waals surface area contributed by atoms with Crippen LogP contribution in [0.25, 0.3) is 0 Å². The summed E-state index contributed by atoms with van der Waals surface area (Å²) in [5.74, 6) is -1.77. The minimum Gasteiger partial charge on any atom is -0.445 e. The third-order valence-corrected chi connectivity index (χ3v) is 5.67. The molecule has 2 aromatic carbocycles. The van der Waals surface area contributed by atoms with E-state index in [4.69, 9.17) is 4.74 Å². The molecule has 2 aromatic rings. The van der Waals surface area contributed by atoms with E-state index in [1.807, 2.05) is 74.5 Å². The summed E-state index contributed by atoms with van der Waals surface area (Å²) in [5.41, 5.74) is 1.73. The van der Waals surface area contributed by atoms with E-state index in [-0.39, 0.29) is 18.9 Å². The second-order valence-corrected chi connectivity index (χ2v) is 9.03. The van der Waals surface area contributed by atoms with Gasteiger partial charge in [0.2, 0.25) is 11.7 Å². The molecule has 2 N–H and O–H groups in total. The fourth-order valence-corrected chi connectivity index (χ4v) is 3.67. The van der Waals surface area contributed by atoms with Crippen molar-refractivity contribution in [2.24, 2.45) is 5.92 Å². The van der Waals surface area contributed by atoms with Gasteiger partial charge in [0.25, 0.3) is 5.91 Å². The van der Waals surface area contributed by atoms with Gasteiger partial charge in [-0.25, -0.2) is 4.79 Å². The quantitative estimate of drug-likeness (QED) is 0.411. The summed E-state index contributed by atoms with van der Waals surface area (Å²) in [6.07, 6.45) is -0.137. The molecule has 0 spiro atoms. The molecule has 3 amide bonds. The Kier molecular flexibility index (Phi) is 11.6. The molecular formula is C28H37N3O5. The van der Waals surface area contributed by atoms with Gasteiger partial charge in [-0.1, -0.05) is 81.4 Å². The number of carbonyl (C=O) groups is 4. The zero-order valence-electron chi connectivity index (χ0n) is 21.5. The summed E-state index contributed by atoms with van der Waals surface area (Å²) in [6, 6.07) is 16.7. The summed E-state index contributed by atoms with van der Waals surface area (Å²) in [4.78, 5) is 52.8. The minimum absolute atomic E-state index is 0.0710. The standard InChI is InChI=1S/C28H37N3O5/c1-5-23(25(32)27(34)31(6-2)18-21-13-9-7-10-14-21)29-26(33)24(17-20(3)4)30-28(35)36-19-22-15-11-8-12-16-22/h7-16,20,23-24H,5-6,17-19H2,1-4H3,(H,29,33)(H,30,35). The molecule has 0 fully saturated rings. The normalized spacial score (nSPS) is 12.4. The van der Waals surface area contributed by atoms with E-state index in [9.17, 15) is 19.2 Å². The molecule has 2 rings (SSSR count). The molecule has 0 saturated heterocycles. The van der Waals surface area contributed by atoms with Crippen molar-refractivity contribution in [3.63, 3.8) is 0 Å². The molecule has 194 valence electrons. The molecular weight excluding hydrogens is 458 g/mol. The molecule has 0 aliphatic rings. The van der Waals surface area contributed by atoms with Crippen molar-refractivity contribution in [3.8, 4) is 0 Å². The molecule has 8 heteroatoms. The van der Waals surface area contributed by atoms with Crippen LogP contribution < -0.4 is 10.6 Å². The Bertz CT molecular complexity index is 995. The third kappa shape index (κ3) is 9.17. The van der Waals surface area contributed by atoms with Gasteiger partial charge < -0.3 is 20.3 Å². The average molecular weight is 496 g/mol. The van der Waals surface area contributed by atoms with Gasteiger partial charge in [-0.3, -0.25) is 14.4 Å². The van der Waals surface area contributed by atoms with Crippen LogP contribution in [0.1, 0.15) is 51.7 Å². The number of nitrogens with zero attached hydrogens (tertiary/aromatic N) is 1. The largest absolute Gasteiger partial charge is 0.445 e. The first-order valence-corrected chi connectivity index (χ1v) is 12.4. The lowest BCUT2D eigenvalue weighted by atomic mass is 10.0. The van der Waals surface area contributed by atoms with Crippen molar-refractivity contribution in [1.29, 1.82) is 0 Å². The number of ketones is 1. The average Bonchev–Trinajstić information content (AvgIpc) is 2.88. The number of amides is 3. The van der Waals surface area contributed by atoms with E-state index in [0.29, 0.717) is 19.5 Å². The van der Waals surface area contributed by atoms with Crippen molar-refractivity contribution in [2.45, 2.75) is 65.8 Å². The van der Waals surface area contributed by atoms with Gasteiger partial charge in [0.1, 0.15) is 12.6 Å². The zero-order chi connectivity index (χ0) is 26.5. The second kappa shape index (κ2) is 14.7. The molecule has 36 heavy (non-hydrogen) atoms. The fraction of sp³-hybridized carbons (Fsp3) is 0.429. The first-order chi connectivity index (χ1) is 17.2. The number of carbonyl (C=O) groups excluding carboxylic acids is 4. The van der Waals surface area contributed by atoms with Gasteiger partial charge in [-0.05, 0) is 36.8 Å². The lowest BCUT2D eigenvalue weighted by Gasteiger charge is -2.25. The lowest BCUT2D eigenvalue weighted by Crippen LogP contribution is -2.54. The molecule has 0 aromatic heterocycles. The number of Topliss-reactive ketones (excluding diaryl/α,β-unsaturated/α-hetero) is 1. The van der Waals surface area contributed by atoms with E-state index < -0.39 is 35.8 Å². The molecule has 0 radical (unpaired) electrons. The van der Waals surface area contributed by atoms with Crippen molar-refractivity contribution in [3.05, 3.63) is 71.8 Å². The number of ether oxygens (including phenoxy) is 1. The first-order valence-electron chi connectivity index (χ1n) is 12.4. The Hall–Kier alpha value is -3.68. The smallest absolute Gasteiger partial charge is 0.408 e. The van der Waals surface area contributed by atoms with Crippen LogP contribution in [0.5, 0.6) is 0 Å². The Morgan fingerprint density at radius 3 is 1.94 bits per heavy atom. The first kappa shape index (κ1) is 28.6. The summed E-state index contributed by atoms with van der Waals surface area (Å²) in [6.45, 7) is 8.10.